The lowest BCUT2D eigenvalue weighted by atomic mass is 10.2. The molecule has 1 N–H and O–H groups in total. The van der Waals surface area contributed by atoms with Gasteiger partial charge in [-0.2, -0.15) is 0 Å². The van der Waals surface area contributed by atoms with Gasteiger partial charge in [-0.25, -0.2) is 9.37 Å². The zero-order chi connectivity index (χ0) is 14.4. The standard InChI is InChI=1S/C15H16ClFN2S/c1-2-5-18-10-11-7-12(17)9-13(8-11)20-15-14(16)4-3-6-19-15/h3-4,6-9,18H,2,5,10H2,1H3. The maximum absolute atomic E-state index is 13.6. The van der Waals surface area contributed by atoms with Crippen molar-refractivity contribution in [3.63, 3.8) is 0 Å². The molecule has 1 heterocycles. The van der Waals surface area contributed by atoms with Crippen LogP contribution in [-0.2, 0) is 6.54 Å². The van der Waals surface area contributed by atoms with Crippen molar-refractivity contribution < 1.29 is 4.39 Å². The van der Waals surface area contributed by atoms with E-state index < -0.39 is 0 Å². The molecule has 0 spiro atoms. The van der Waals surface area contributed by atoms with Gasteiger partial charge in [0.2, 0.25) is 0 Å². The van der Waals surface area contributed by atoms with Gasteiger partial charge in [0.1, 0.15) is 10.8 Å². The first kappa shape index (κ1) is 15.3. The summed E-state index contributed by atoms with van der Waals surface area (Å²) < 4.78 is 13.6. The smallest absolute Gasteiger partial charge is 0.124 e. The van der Waals surface area contributed by atoms with Crippen LogP contribution in [0, 0.1) is 5.82 Å². The fraction of sp³-hybridized carbons (Fsp3) is 0.267. The van der Waals surface area contributed by atoms with Gasteiger partial charge in [-0.1, -0.05) is 30.3 Å². The molecule has 5 heteroatoms. The van der Waals surface area contributed by atoms with Crippen molar-refractivity contribution in [3.05, 3.63) is 52.9 Å². The summed E-state index contributed by atoms with van der Waals surface area (Å²) >= 11 is 7.44. The molecule has 0 unspecified atom stereocenters. The highest BCUT2D eigenvalue weighted by atomic mass is 35.5. The van der Waals surface area contributed by atoms with Crippen LogP contribution in [0.2, 0.25) is 5.02 Å². The van der Waals surface area contributed by atoms with Crippen molar-refractivity contribution in [3.8, 4) is 0 Å². The number of pyridine rings is 1. The largest absolute Gasteiger partial charge is 0.313 e. The number of hydrogen-bond acceptors (Lipinski definition) is 3. The summed E-state index contributed by atoms with van der Waals surface area (Å²) in [5.74, 6) is -0.240. The molecule has 0 radical (unpaired) electrons. The Balaban J connectivity index is 2.13. The van der Waals surface area contributed by atoms with Crippen LogP contribution in [0.5, 0.6) is 0 Å². The zero-order valence-corrected chi connectivity index (χ0v) is 12.8. The Morgan fingerprint density at radius 2 is 2.20 bits per heavy atom. The number of nitrogens with one attached hydrogen (secondary N) is 1. The molecule has 1 aromatic heterocycles. The summed E-state index contributed by atoms with van der Waals surface area (Å²) in [6, 6.07) is 8.56. The summed E-state index contributed by atoms with van der Waals surface area (Å²) in [6.07, 6.45) is 2.73. The lowest BCUT2D eigenvalue weighted by Gasteiger charge is -2.07. The van der Waals surface area contributed by atoms with Gasteiger partial charge < -0.3 is 5.32 Å². The molecular formula is C15H16ClFN2S. The SMILES string of the molecule is CCCNCc1cc(F)cc(Sc2ncccc2Cl)c1. The molecule has 2 aromatic rings. The average Bonchev–Trinajstić information content (AvgIpc) is 2.41. The fourth-order valence-corrected chi connectivity index (χ4v) is 2.87. The van der Waals surface area contributed by atoms with E-state index in [4.69, 9.17) is 11.6 Å². The number of halogens is 2. The number of nitrogens with zero attached hydrogens (tertiary/aromatic N) is 1. The molecule has 0 saturated heterocycles. The van der Waals surface area contributed by atoms with Gasteiger partial charge in [0.15, 0.2) is 0 Å². The fourth-order valence-electron chi connectivity index (χ4n) is 1.75. The van der Waals surface area contributed by atoms with E-state index >= 15 is 0 Å². The van der Waals surface area contributed by atoms with Crippen molar-refractivity contribution in [2.75, 3.05) is 6.54 Å². The van der Waals surface area contributed by atoms with Gasteiger partial charge in [0, 0.05) is 17.6 Å². The van der Waals surface area contributed by atoms with E-state index in [1.807, 2.05) is 6.07 Å². The predicted octanol–water partition coefficient (Wildman–Crippen LogP) is 4.52. The van der Waals surface area contributed by atoms with Gasteiger partial charge >= 0.3 is 0 Å². The molecule has 0 saturated carbocycles. The van der Waals surface area contributed by atoms with Gasteiger partial charge in [0.25, 0.3) is 0 Å². The minimum absolute atomic E-state index is 0.240. The minimum atomic E-state index is -0.240. The first-order chi connectivity index (χ1) is 9.69. The highest BCUT2D eigenvalue weighted by Crippen LogP contribution is 2.32. The normalized spacial score (nSPS) is 10.8. The van der Waals surface area contributed by atoms with E-state index in [0.717, 1.165) is 23.4 Å². The van der Waals surface area contributed by atoms with E-state index in [1.54, 1.807) is 24.4 Å². The topological polar surface area (TPSA) is 24.9 Å². The molecule has 0 bridgehead atoms. The van der Waals surface area contributed by atoms with E-state index in [-0.39, 0.29) is 5.82 Å². The highest BCUT2D eigenvalue weighted by Gasteiger charge is 2.06. The van der Waals surface area contributed by atoms with E-state index in [9.17, 15) is 4.39 Å². The number of aromatic nitrogens is 1. The Bertz CT molecular complexity index is 578. The molecule has 20 heavy (non-hydrogen) atoms. The van der Waals surface area contributed by atoms with E-state index in [2.05, 4.69) is 17.2 Å². The Morgan fingerprint density at radius 1 is 1.35 bits per heavy atom. The summed E-state index contributed by atoms with van der Waals surface area (Å²) in [5, 5.41) is 4.53. The van der Waals surface area contributed by atoms with E-state index in [1.165, 1.54) is 17.8 Å². The maximum Gasteiger partial charge on any atom is 0.124 e. The Labute approximate surface area is 127 Å². The molecule has 0 aliphatic carbocycles. The summed E-state index contributed by atoms with van der Waals surface area (Å²) in [7, 11) is 0. The second-order valence-electron chi connectivity index (χ2n) is 4.36. The summed E-state index contributed by atoms with van der Waals surface area (Å²) in [4.78, 5) is 5.01. The van der Waals surface area contributed by atoms with Crippen LogP contribution in [0.4, 0.5) is 4.39 Å². The van der Waals surface area contributed by atoms with E-state index in [0.29, 0.717) is 16.6 Å². The second kappa shape index (κ2) is 7.62. The molecule has 0 aliphatic rings. The summed E-state index contributed by atoms with van der Waals surface area (Å²) in [5.41, 5.74) is 0.924. The number of benzene rings is 1. The van der Waals surface area contributed by atoms with Crippen molar-refractivity contribution >= 4 is 23.4 Å². The Morgan fingerprint density at radius 3 is 2.95 bits per heavy atom. The quantitative estimate of drug-likeness (QED) is 0.794. The van der Waals surface area contributed by atoms with Crippen LogP contribution in [0.3, 0.4) is 0 Å². The maximum atomic E-state index is 13.6. The monoisotopic (exact) mass is 310 g/mol. The van der Waals surface area contributed by atoms with Crippen LogP contribution >= 0.6 is 23.4 Å². The van der Waals surface area contributed by atoms with Crippen molar-refractivity contribution in [2.24, 2.45) is 0 Å². The third kappa shape index (κ3) is 4.47. The first-order valence-electron chi connectivity index (χ1n) is 6.47. The molecule has 0 amide bonds. The van der Waals surface area contributed by atoms with Gasteiger partial charge in [-0.15, -0.1) is 0 Å². The van der Waals surface area contributed by atoms with Crippen LogP contribution < -0.4 is 5.32 Å². The van der Waals surface area contributed by atoms with Crippen molar-refractivity contribution in [1.29, 1.82) is 0 Å². The third-order valence-electron chi connectivity index (χ3n) is 2.63. The molecule has 1 aromatic carbocycles. The molecule has 0 atom stereocenters. The predicted molar refractivity (Wildman–Crippen MR) is 81.8 cm³/mol. The Kier molecular flexibility index (Phi) is 5.83. The Hall–Kier alpha value is -1.10. The van der Waals surface area contributed by atoms with Gasteiger partial charge in [-0.3, -0.25) is 0 Å². The lowest BCUT2D eigenvalue weighted by Crippen LogP contribution is -2.13. The van der Waals surface area contributed by atoms with Crippen LogP contribution in [0.1, 0.15) is 18.9 Å². The van der Waals surface area contributed by atoms with Crippen LogP contribution in [0.15, 0.2) is 46.5 Å². The van der Waals surface area contributed by atoms with Crippen LogP contribution in [0.25, 0.3) is 0 Å². The molecule has 2 rings (SSSR count). The summed E-state index contributed by atoms with van der Waals surface area (Å²) in [6.45, 7) is 3.68. The van der Waals surface area contributed by atoms with Gasteiger partial charge in [0.05, 0.1) is 5.02 Å². The molecular weight excluding hydrogens is 295 g/mol. The number of rotatable bonds is 6. The zero-order valence-electron chi connectivity index (χ0n) is 11.2. The third-order valence-corrected chi connectivity index (χ3v) is 4.03. The average molecular weight is 311 g/mol. The van der Waals surface area contributed by atoms with Gasteiger partial charge in [-0.05, 0) is 48.9 Å². The minimum Gasteiger partial charge on any atom is -0.313 e. The molecule has 2 nitrogen and oxygen atoms in total. The van der Waals surface area contributed by atoms with Crippen molar-refractivity contribution in [2.45, 2.75) is 29.8 Å². The first-order valence-corrected chi connectivity index (χ1v) is 7.67. The molecule has 106 valence electrons. The molecule has 0 fully saturated rings. The highest BCUT2D eigenvalue weighted by molar-refractivity contribution is 7.99. The number of hydrogen-bond donors (Lipinski definition) is 1. The lowest BCUT2D eigenvalue weighted by molar-refractivity contribution is 0.615. The van der Waals surface area contributed by atoms with Crippen LogP contribution in [-0.4, -0.2) is 11.5 Å². The molecule has 0 aliphatic heterocycles. The second-order valence-corrected chi connectivity index (χ2v) is 5.83. The van der Waals surface area contributed by atoms with Crippen molar-refractivity contribution in [1.82, 2.24) is 10.3 Å².